The fraction of sp³-hybridized carbons (Fsp3) is 0.261. The van der Waals surface area contributed by atoms with Crippen molar-refractivity contribution in [1.29, 1.82) is 0 Å². The fourth-order valence-corrected chi connectivity index (χ4v) is 3.11. The number of hydrogen-bond acceptors (Lipinski definition) is 6. The smallest absolute Gasteiger partial charge is 0.266 e. The van der Waals surface area contributed by atoms with Crippen molar-refractivity contribution < 1.29 is 19.0 Å². The molecule has 8 nitrogen and oxygen atoms in total. The number of nitrogens with one attached hydrogen (secondary N) is 1. The van der Waals surface area contributed by atoms with E-state index in [0.29, 0.717) is 36.8 Å². The molecule has 0 spiro atoms. The van der Waals surface area contributed by atoms with Crippen LogP contribution in [0.25, 0.3) is 11.3 Å². The molecule has 0 aliphatic carbocycles. The molecule has 160 valence electrons. The van der Waals surface area contributed by atoms with Crippen molar-refractivity contribution in [3.63, 3.8) is 0 Å². The monoisotopic (exact) mass is 421 g/mol. The highest BCUT2D eigenvalue weighted by Crippen LogP contribution is 2.35. The molecule has 1 amide bonds. The van der Waals surface area contributed by atoms with Crippen molar-refractivity contribution in [3.05, 3.63) is 70.5 Å². The average molecular weight is 421 g/mol. The predicted octanol–water partition coefficient (Wildman–Crippen LogP) is 2.53. The topological polar surface area (TPSA) is 91.7 Å². The number of carbonyl (C=O) groups is 1. The van der Waals surface area contributed by atoms with Crippen LogP contribution in [0.5, 0.6) is 17.2 Å². The third kappa shape index (κ3) is 5.22. The molecule has 0 radical (unpaired) electrons. The third-order valence-electron chi connectivity index (χ3n) is 4.80. The van der Waals surface area contributed by atoms with Gasteiger partial charge in [-0.05, 0) is 31.5 Å². The molecule has 0 saturated heterocycles. The molecule has 1 aliphatic heterocycles. The van der Waals surface area contributed by atoms with Crippen LogP contribution in [-0.2, 0) is 11.3 Å². The quantitative estimate of drug-likeness (QED) is 0.562. The summed E-state index contributed by atoms with van der Waals surface area (Å²) in [7, 11) is 0. The molecular formula is C23H23N3O5. The molecule has 8 heteroatoms. The van der Waals surface area contributed by atoms with E-state index in [2.05, 4.69) is 10.4 Å². The minimum Gasteiger partial charge on any atom is -0.484 e. The highest BCUT2D eigenvalue weighted by molar-refractivity contribution is 5.77. The van der Waals surface area contributed by atoms with Crippen LogP contribution < -0.4 is 25.1 Å². The van der Waals surface area contributed by atoms with Crippen LogP contribution >= 0.6 is 0 Å². The lowest BCUT2D eigenvalue weighted by Gasteiger charge is -2.09. The number of nitrogens with zero attached hydrogens (tertiary/aromatic N) is 2. The van der Waals surface area contributed by atoms with Crippen LogP contribution in [0.3, 0.4) is 0 Å². The van der Waals surface area contributed by atoms with Crippen LogP contribution in [0.15, 0.2) is 59.4 Å². The molecule has 4 rings (SSSR count). The summed E-state index contributed by atoms with van der Waals surface area (Å²) in [6, 6.07) is 16.4. The number of fused-ring (bicyclic) bond motifs is 1. The van der Waals surface area contributed by atoms with Gasteiger partial charge in [-0.2, -0.15) is 5.10 Å². The summed E-state index contributed by atoms with van der Waals surface area (Å²) in [6.07, 6.45) is 0.569. The molecular weight excluding hydrogens is 398 g/mol. The third-order valence-corrected chi connectivity index (χ3v) is 4.80. The van der Waals surface area contributed by atoms with E-state index in [9.17, 15) is 9.59 Å². The van der Waals surface area contributed by atoms with Crippen LogP contribution in [0.1, 0.15) is 12.0 Å². The number of amides is 1. The van der Waals surface area contributed by atoms with Gasteiger partial charge in [0.15, 0.2) is 18.1 Å². The van der Waals surface area contributed by atoms with Gasteiger partial charge >= 0.3 is 0 Å². The lowest BCUT2D eigenvalue weighted by atomic mass is 10.1. The molecule has 0 saturated carbocycles. The molecule has 1 N–H and O–H groups in total. The van der Waals surface area contributed by atoms with Gasteiger partial charge in [0.1, 0.15) is 5.75 Å². The Balaban J connectivity index is 1.24. The zero-order valence-corrected chi connectivity index (χ0v) is 17.2. The zero-order chi connectivity index (χ0) is 21.6. The summed E-state index contributed by atoms with van der Waals surface area (Å²) in [5.74, 6) is 1.55. The van der Waals surface area contributed by atoms with Crippen molar-refractivity contribution in [3.8, 4) is 28.5 Å². The molecule has 31 heavy (non-hydrogen) atoms. The van der Waals surface area contributed by atoms with Gasteiger partial charge in [0.05, 0.1) is 5.69 Å². The van der Waals surface area contributed by atoms with Crippen LogP contribution in [-0.4, -0.2) is 35.6 Å². The number of hydrogen-bond donors (Lipinski definition) is 1. The Hall–Kier alpha value is -3.81. The fourth-order valence-electron chi connectivity index (χ4n) is 3.11. The summed E-state index contributed by atoms with van der Waals surface area (Å²) in [4.78, 5) is 24.1. The Morgan fingerprint density at radius 2 is 1.90 bits per heavy atom. The standard InChI is InChI=1S/C23H23N3O5/c1-16-3-5-17(6-4-16)19-8-10-23(28)26(25-19)12-2-11-24-22(27)14-29-18-7-9-20-21(13-18)31-15-30-20/h3-10,13H,2,11-12,14-15H2,1H3,(H,24,27). The van der Waals surface area contributed by atoms with E-state index in [1.54, 1.807) is 24.3 Å². The van der Waals surface area contributed by atoms with Gasteiger partial charge in [0.2, 0.25) is 6.79 Å². The summed E-state index contributed by atoms with van der Waals surface area (Å²) < 4.78 is 17.4. The highest BCUT2D eigenvalue weighted by Gasteiger charge is 2.14. The van der Waals surface area contributed by atoms with Crippen molar-refractivity contribution in [2.24, 2.45) is 0 Å². The van der Waals surface area contributed by atoms with Crippen molar-refractivity contribution in [2.45, 2.75) is 19.9 Å². The zero-order valence-electron chi connectivity index (χ0n) is 17.2. The molecule has 2 heterocycles. The Morgan fingerprint density at radius 1 is 1.10 bits per heavy atom. The summed E-state index contributed by atoms with van der Waals surface area (Å²) in [6.45, 7) is 2.91. The first kappa shape index (κ1) is 20.5. The van der Waals surface area contributed by atoms with Crippen molar-refractivity contribution >= 4 is 5.91 Å². The van der Waals surface area contributed by atoms with Gasteiger partial charge < -0.3 is 19.5 Å². The number of aromatic nitrogens is 2. The number of ether oxygens (including phenoxy) is 3. The Kier molecular flexibility index (Phi) is 6.16. The molecule has 0 fully saturated rings. The second-order valence-corrected chi connectivity index (χ2v) is 7.15. The van der Waals surface area contributed by atoms with Gasteiger partial charge in [-0.3, -0.25) is 9.59 Å². The summed E-state index contributed by atoms with van der Waals surface area (Å²) in [5, 5.41) is 7.22. The first-order valence-electron chi connectivity index (χ1n) is 10.0. The number of benzene rings is 2. The van der Waals surface area contributed by atoms with Gasteiger partial charge in [-0.15, -0.1) is 0 Å². The van der Waals surface area contributed by atoms with E-state index in [-0.39, 0.29) is 24.9 Å². The number of carbonyl (C=O) groups excluding carboxylic acids is 1. The maximum Gasteiger partial charge on any atom is 0.266 e. The number of aryl methyl sites for hydroxylation is 2. The van der Waals surface area contributed by atoms with E-state index in [1.165, 1.54) is 10.7 Å². The minimum absolute atomic E-state index is 0.110. The van der Waals surface area contributed by atoms with E-state index in [0.717, 1.165) is 16.8 Å². The summed E-state index contributed by atoms with van der Waals surface area (Å²) in [5.41, 5.74) is 2.68. The van der Waals surface area contributed by atoms with E-state index in [1.807, 2.05) is 31.2 Å². The Morgan fingerprint density at radius 3 is 2.74 bits per heavy atom. The molecule has 3 aromatic rings. The molecule has 0 unspecified atom stereocenters. The molecule has 2 aromatic carbocycles. The molecule has 1 aliphatic rings. The largest absolute Gasteiger partial charge is 0.484 e. The van der Waals surface area contributed by atoms with Gasteiger partial charge in [-0.25, -0.2) is 4.68 Å². The van der Waals surface area contributed by atoms with Crippen LogP contribution in [0.2, 0.25) is 0 Å². The highest BCUT2D eigenvalue weighted by atomic mass is 16.7. The van der Waals surface area contributed by atoms with Crippen LogP contribution in [0, 0.1) is 6.92 Å². The normalized spacial score (nSPS) is 11.9. The predicted molar refractivity (Wildman–Crippen MR) is 114 cm³/mol. The maximum atomic E-state index is 12.1. The SMILES string of the molecule is Cc1ccc(-c2ccc(=O)n(CCCNC(=O)COc3ccc4c(c3)OCO4)n2)cc1. The minimum atomic E-state index is -0.244. The van der Waals surface area contributed by atoms with Crippen LogP contribution in [0.4, 0.5) is 0 Å². The first-order valence-corrected chi connectivity index (χ1v) is 10.0. The van der Waals surface area contributed by atoms with Crippen molar-refractivity contribution in [2.75, 3.05) is 19.9 Å². The first-order chi connectivity index (χ1) is 15.1. The van der Waals surface area contributed by atoms with Gasteiger partial charge in [0, 0.05) is 30.8 Å². The molecule has 0 bridgehead atoms. The second-order valence-electron chi connectivity index (χ2n) is 7.15. The Bertz CT molecular complexity index is 1120. The Labute approximate surface area is 179 Å². The van der Waals surface area contributed by atoms with Crippen molar-refractivity contribution in [1.82, 2.24) is 15.1 Å². The van der Waals surface area contributed by atoms with Gasteiger partial charge in [0.25, 0.3) is 11.5 Å². The van der Waals surface area contributed by atoms with E-state index < -0.39 is 0 Å². The molecule has 1 aromatic heterocycles. The lowest BCUT2D eigenvalue weighted by Crippen LogP contribution is -2.31. The number of rotatable bonds is 8. The molecule has 0 atom stereocenters. The second kappa shape index (κ2) is 9.34. The average Bonchev–Trinajstić information content (AvgIpc) is 3.25. The van der Waals surface area contributed by atoms with E-state index >= 15 is 0 Å². The van der Waals surface area contributed by atoms with E-state index in [4.69, 9.17) is 14.2 Å². The van der Waals surface area contributed by atoms with Gasteiger partial charge in [-0.1, -0.05) is 29.8 Å². The maximum absolute atomic E-state index is 12.1. The lowest BCUT2D eigenvalue weighted by molar-refractivity contribution is -0.123. The summed E-state index contributed by atoms with van der Waals surface area (Å²) >= 11 is 0.